The van der Waals surface area contributed by atoms with Crippen LogP contribution in [0.15, 0.2) is 53.5 Å². The lowest BCUT2D eigenvalue weighted by molar-refractivity contribution is 0.0818. The molecule has 0 saturated heterocycles. The third-order valence-corrected chi connectivity index (χ3v) is 3.73. The van der Waals surface area contributed by atoms with Crippen LogP contribution in [0.4, 0.5) is 8.78 Å². The lowest BCUT2D eigenvalue weighted by atomic mass is 10.2. The average Bonchev–Trinajstić information content (AvgIpc) is 2.62. The minimum absolute atomic E-state index is 0. The highest BCUT2D eigenvalue weighted by Crippen LogP contribution is 2.15. The lowest BCUT2D eigenvalue weighted by Crippen LogP contribution is -2.36. The molecule has 0 fully saturated rings. The molecule has 0 saturated carbocycles. The molecule has 0 aliphatic carbocycles. The molecular weight excluding hydrogens is 475 g/mol. The molecule has 0 aliphatic rings. The van der Waals surface area contributed by atoms with Gasteiger partial charge in [0.05, 0.1) is 0 Å². The molecule has 2 aromatic rings. The maximum Gasteiger partial charge on any atom is 0.272 e. The van der Waals surface area contributed by atoms with Gasteiger partial charge in [0.15, 0.2) is 5.96 Å². The van der Waals surface area contributed by atoms with Gasteiger partial charge < -0.3 is 15.4 Å². The number of hydrogen-bond donors (Lipinski definition) is 2. The van der Waals surface area contributed by atoms with E-state index in [0.29, 0.717) is 29.8 Å². The Bertz CT molecular complexity index is 716. The Kier molecular flexibility index (Phi) is 10.3. The zero-order valence-corrected chi connectivity index (χ0v) is 17.3. The number of nitrogens with one attached hydrogen (secondary N) is 2. The summed E-state index contributed by atoms with van der Waals surface area (Å²) in [7, 11) is 1.67. The second-order valence-corrected chi connectivity index (χ2v) is 5.63. The second kappa shape index (κ2) is 11.9. The van der Waals surface area contributed by atoms with Crippen molar-refractivity contribution in [1.82, 2.24) is 10.6 Å². The molecule has 26 heavy (non-hydrogen) atoms. The van der Waals surface area contributed by atoms with Crippen molar-refractivity contribution >= 4 is 41.5 Å². The van der Waals surface area contributed by atoms with Crippen LogP contribution in [-0.2, 0) is 13.1 Å². The van der Waals surface area contributed by atoms with E-state index < -0.39 is 13.0 Å². The first-order valence-electron chi connectivity index (χ1n) is 7.76. The van der Waals surface area contributed by atoms with E-state index in [1.54, 1.807) is 25.2 Å². The molecule has 0 amide bonds. The number of guanidine groups is 1. The van der Waals surface area contributed by atoms with Gasteiger partial charge in [-0.05, 0) is 29.3 Å². The van der Waals surface area contributed by atoms with Crippen molar-refractivity contribution in [1.29, 1.82) is 0 Å². The largest absolute Gasteiger partial charge is 0.488 e. The Hall–Kier alpha value is -1.61. The third-order valence-electron chi connectivity index (χ3n) is 3.36. The molecule has 2 rings (SSSR count). The predicted octanol–water partition coefficient (Wildman–Crippen LogP) is 4.47. The van der Waals surface area contributed by atoms with Crippen molar-refractivity contribution in [2.24, 2.45) is 4.99 Å². The van der Waals surface area contributed by atoms with E-state index in [2.05, 4.69) is 15.6 Å². The van der Waals surface area contributed by atoms with Gasteiger partial charge in [-0.3, -0.25) is 4.99 Å². The van der Waals surface area contributed by atoms with Crippen LogP contribution in [0.25, 0.3) is 0 Å². The van der Waals surface area contributed by atoms with Crippen molar-refractivity contribution in [3.05, 3.63) is 64.7 Å². The standard InChI is InChI=1S/C18H20ClF2N3O.HI/c1-22-18(24-11-14-6-2-3-8-16(14)19)23-10-13-5-4-7-15(9-13)25-12-17(20)21;/h2-9,17H,10-12H2,1H3,(H2,22,23,24);1H. The van der Waals surface area contributed by atoms with Crippen molar-refractivity contribution in [3.8, 4) is 5.75 Å². The molecule has 142 valence electrons. The van der Waals surface area contributed by atoms with Crippen LogP contribution >= 0.6 is 35.6 Å². The number of benzene rings is 2. The van der Waals surface area contributed by atoms with Gasteiger partial charge in [-0.1, -0.05) is 41.9 Å². The fraction of sp³-hybridized carbons (Fsp3) is 0.278. The van der Waals surface area contributed by atoms with E-state index in [1.807, 2.05) is 30.3 Å². The summed E-state index contributed by atoms with van der Waals surface area (Å²) in [4.78, 5) is 4.15. The van der Waals surface area contributed by atoms with Gasteiger partial charge in [0.1, 0.15) is 12.4 Å². The molecule has 0 spiro atoms. The molecule has 0 radical (unpaired) electrons. The van der Waals surface area contributed by atoms with Crippen molar-refractivity contribution in [2.75, 3.05) is 13.7 Å². The fourth-order valence-electron chi connectivity index (χ4n) is 2.13. The Morgan fingerprint density at radius 3 is 2.54 bits per heavy atom. The number of rotatable bonds is 7. The van der Waals surface area contributed by atoms with Gasteiger partial charge in [-0.25, -0.2) is 8.78 Å². The van der Waals surface area contributed by atoms with Gasteiger partial charge >= 0.3 is 0 Å². The number of aliphatic imine (C=N–C) groups is 1. The van der Waals surface area contributed by atoms with Crippen LogP contribution < -0.4 is 15.4 Å². The highest BCUT2D eigenvalue weighted by atomic mass is 127. The first-order chi connectivity index (χ1) is 12.1. The zero-order chi connectivity index (χ0) is 18.1. The summed E-state index contributed by atoms with van der Waals surface area (Å²) in [5.41, 5.74) is 1.86. The Labute approximate surface area is 174 Å². The van der Waals surface area contributed by atoms with Gasteiger partial charge in [-0.2, -0.15) is 0 Å². The SMILES string of the molecule is CN=C(NCc1cccc(OCC(F)F)c1)NCc1ccccc1Cl.I. The fourth-order valence-corrected chi connectivity index (χ4v) is 2.33. The smallest absolute Gasteiger partial charge is 0.272 e. The van der Waals surface area contributed by atoms with E-state index in [4.69, 9.17) is 16.3 Å². The first kappa shape index (κ1) is 22.4. The van der Waals surface area contributed by atoms with Gasteiger partial charge in [-0.15, -0.1) is 24.0 Å². The van der Waals surface area contributed by atoms with Crippen LogP contribution in [0.3, 0.4) is 0 Å². The molecule has 2 aromatic carbocycles. The van der Waals surface area contributed by atoms with E-state index in [0.717, 1.165) is 11.1 Å². The van der Waals surface area contributed by atoms with Gasteiger partial charge in [0.25, 0.3) is 6.43 Å². The molecular formula is C18H21ClF2IN3O. The van der Waals surface area contributed by atoms with Crippen LogP contribution in [0.5, 0.6) is 5.75 Å². The van der Waals surface area contributed by atoms with Crippen LogP contribution in [0, 0.1) is 0 Å². The highest BCUT2D eigenvalue weighted by molar-refractivity contribution is 14.0. The molecule has 0 bridgehead atoms. The summed E-state index contributed by atoms with van der Waals surface area (Å²) in [6.07, 6.45) is -2.49. The second-order valence-electron chi connectivity index (χ2n) is 5.22. The van der Waals surface area contributed by atoms with Crippen LogP contribution in [-0.4, -0.2) is 26.0 Å². The van der Waals surface area contributed by atoms with Gasteiger partial charge in [0.2, 0.25) is 0 Å². The predicted molar refractivity (Wildman–Crippen MR) is 112 cm³/mol. The molecule has 0 unspecified atom stereocenters. The van der Waals surface area contributed by atoms with Gasteiger partial charge in [0, 0.05) is 25.2 Å². The van der Waals surface area contributed by atoms with Crippen molar-refractivity contribution in [2.45, 2.75) is 19.5 Å². The summed E-state index contributed by atoms with van der Waals surface area (Å²) >= 11 is 6.13. The van der Waals surface area contributed by atoms with E-state index >= 15 is 0 Å². The molecule has 2 N–H and O–H groups in total. The van der Waals surface area contributed by atoms with Crippen LogP contribution in [0.2, 0.25) is 5.02 Å². The first-order valence-corrected chi connectivity index (χ1v) is 8.14. The number of halogens is 4. The summed E-state index contributed by atoms with van der Waals surface area (Å²) in [5.74, 6) is 1.03. The van der Waals surface area contributed by atoms with Crippen molar-refractivity contribution < 1.29 is 13.5 Å². The quantitative estimate of drug-likeness (QED) is 0.339. The molecule has 0 heterocycles. The third kappa shape index (κ3) is 7.74. The zero-order valence-electron chi connectivity index (χ0n) is 14.2. The molecule has 0 atom stereocenters. The summed E-state index contributed by atoms with van der Waals surface area (Å²) in [5, 5.41) is 7.02. The minimum Gasteiger partial charge on any atom is -0.488 e. The molecule has 0 aromatic heterocycles. The summed E-state index contributed by atoms with van der Waals surface area (Å²) in [6.45, 7) is 0.406. The Morgan fingerprint density at radius 2 is 1.85 bits per heavy atom. The monoisotopic (exact) mass is 495 g/mol. The Morgan fingerprint density at radius 1 is 1.12 bits per heavy atom. The topological polar surface area (TPSA) is 45.7 Å². The maximum atomic E-state index is 12.2. The van der Waals surface area contributed by atoms with E-state index in [1.165, 1.54) is 0 Å². The Balaban J connectivity index is 0.00000338. The molecule has 4 nitrogen and oxygen atoms in total. The number of nitrogens with zero attached hydrogens (tertiary/aromatic N) is 1. The lowest BCUT2D eigenvalue weighted by Gasteiger charge is -2.13. The molecule has 0 aliphatic heterocycles. The van der Waals surface area contributed by atoms with E-state index in [-0.39, 0.29) is 24.0 Å². The minimum atomic E-state index is -2.49. The normalized spacial score (nSPS) is 11.0. The maximum absolute atomic E-state index is 12.2. The highest BCUT2D eigenvalue weighted by Gasteiger charge is 2.05. The van der Waals surface area contributed by atoms with Crippen LogP contribution in [0.1, 0.15) is 11.1 Å². The molecule has 8 heteroatoms. The number of ether oxygens (including phenoxy) is 1. The van der Waals surface area contributed by atoms with E-state index in [9.17, 15) is 8.78 Å². The van der Waals surface area contributed by atoms with Crippen molar-refractivity contribution in [3.63, 3.8) is 0 Å². The number of hydrogen-bond acceptors (Lipinski definition) is 2. The summed E-state index contributed by atoms with van der Waals surface area (Å²) in [6, 6.07) is 14.6. The summed E-state index contributed by atoms with van der Waals surface area (Å²) < 4.78 is 29.4. The average molecular weight is 496 g/mol. The number of alkyl halides is 2.